The zero-order valence-electron chi connectivity index (χ0n) is 14.6. The van der Waals surface area contributed by atoms with Gasteiger partial charge in [0.1, 0.15) is 18.1 Å². The summed E-state index contributed by atoms with van der Waals surface area (Å²) >= 11 is 3.38. The van der Waals surface area contributed by atoms with E-state index in [9.17, 15) is 4.79 Å². The third-order valence-electron chi connectivity index (χ3n) is 3.63. The maximum Gasteiger partial charge on any atom is 0.289 e. The second-order valence-electron chi connectivity index (χ2n) is 6.54. The summed E-state index contributed by atoms with van der Waals surface area (Å²) in [5.41, 5.74) is 5.59. The van der Waals surface area contributed by atoms with E-state index in [2.05, 4.69) is 15.9 Å². The number of hydrogen-bond donors (Lipinski definition) is 1. The highest BCUT2D eigenvalue weighted by Crippen LogP contribution is 2.19. The summed E-state index contributed by atoms with van der Waals surface area (Å²) in [6.45, 7) is 5.39. The first-order valence-electron chi connectivity index (χ1n) is 7.73. The van der Waals surface area contributed by atoms with Crippen molar-refractivity contribution in [3.63, 3.8) is 0 Å². The van der Waals surface area contributed by atoms with Crippen LogP contribution in [-0.4, -0.2) is 30.9 Å². The van der Waals surface area contributed by atoms with Gasteiger partial charge in [0, 0.05) is 18.1 Å². The second kappa shape index (κ2) is 9.27. The maximum absolute atomic E-state index is 12.4. The summed E-state index contributed by atoms with van der Waals surface area (Å²) in [4.78, 5) is 14.0. The minimum atomic E-state index is -0.161. The van der Waals surface area contributed by atoms with E-state index < -0.39 is 0 Å². The molecule has 0 saturated carbocycles. The van der Waals surface area contributed by atoms with Crippen molar-refractivity contribution in [2.24, 2.45) is 11.1 Å². The SMILES string of the molecule is CN(CC(C)(C)CN)C(=O)c1ccc(COc2ccc(Br)cc2)o1.Cl. The largest absolute Gasteiger partial charge is 0.486 e. The van der Waals surface area contributed by atoms with Crippen molar-refractivity contribution in [1.82, 2.24) is 4.90 Å². The van der Waals surface area contributed by atoms with Crippen LogP contribution in [0.5, 0.6) is 5.75 Å². The number of carbonyl (C=O) groups excluding carboxylic acids is 1. The van der Waals surface area contributed by atoms with Crippen LogP contribution < -0.4 is 10.5 Å². The Labute approximate surface area is 163 Å². The fourth-order valence-corrected chi connectivity index (χ4v) is 2.49. The fourth-order valence-electron chi connectivity index (χ4n) is 2.22. The number of halogens is 2. The first-order valence-corrected chi connectivity index (χ1v) is 8.53. The van der Waals surface area contributed by atoms with Crippen molar-refractivity contribution >= 4 is 34.2 Å². The summed E-state index contributed by atoms with van der Waals surface area (Å²) in [6, 6.07) is 11.0. The van der Waals surface area contributed by atoms with E-state index in [4.69, 9.17) is 14.9 Å². The van der Waals surface area contributed by atoms with Gasteiger partial charge in [-0.2, -0.15) is 0 Å². The van der Waals surface area contributed by atoms with E-state index in [1.54, 1.807) is 24.1 Å². The molecule has 1 aromatic carbocycles. The minimum absolute atomic E-state index is 0. The van der Waals surface area contributed by atoms with E-state index >= 15 is 0 Å². The summed E-state index contributed by atoms with van der Waals surface area (Å²) in [6.07, 6.45) is 0. The molecule has 7 heteroatoms. The Balaban J connectivity index is 0.00000312. The van der Waals surface area contributed by atoms with Gasteiger partial charge in [-0.3, -0.25) is 4.79 Å². The van der Waals surface area contributed by atoms with Gasteiger partial charge in [-0.15, -0.1) is 12.4 Å². The molecule has 1 aromatic heterocycles. The van der Waals surface area contributed by atoms with Crippen LogP contribution in [0, 0.1) is 5.41 Å². The van der Waals surface area contributed by atoms with Crippen LogP contribution in [0.15, 0.2) is 45.3 Å². The van der Waals surface area contributed by atoms with Crippen molar-refractivity contribution in [3.8, 4) is 5.75 Å². The molecule has 0 bridgehead atoms. The number of ether oxygens (including phenoxy) is 1. The zero-order valence-corrected chi connectivity index (χ0v) is 17.0. The zero-order chi connectivity index (χ0) is 17.7. The monoisotopic (exact) mass is 430 g/mol. The summed E-state index contributed by atoms with van der Waals surface area (Å²) < 4.78 is 12.2. The molecule has 138 valence electrons. The number of nitrogens with two attached hydrogens (primary N) is 1. The van der Waals surface area contributed by atoms with Gasteiger partial charge in [0.05, 0.1) is 0 Å². The molecule has 2 rings (SSSR count). The Morgan fingerprint density at radius 1 is 1.24 bits per heavy atom. The Morgan fingerprint density at radius 3 is 2.48 bits per heavy atom. The highest BCUT2D eigenvalue weighted by Gasteiger charge is 2.23. The first kappa shape index (κ1) is 21.5. The van der Waals surface area contributed by atoms with Gasteiger partial charge in [-0.25, -0.2) is 0 Å². The van der Waals surface area contributed by atoms with Crippen molar-refractivity contribution in [1.29, 1.82) is 0 Å². The fraction of sp³-hybridized carbons (Fsp3) is 0.389. The standard InChI is InChI=1S/C18H23BrN2O3.ClH/c1-18(2,11-20)12-21(3)17(22)16-9-8-15(24-16)10-23-14-6-4-13(19)5-7-14;/h4-9H,10-12,20H2,1-3H3;1H. The van der Waals surface area contributed by atoms with Crippen LogP contribution in [0.4, 0.5) is 0 Å². The van der Waals surface area contributed by atoms with Crippen LogP contribution in [0.1, 0.15) is 30.2 Å². The molecular formula is C18H24BrClN2O3. The summed E-state index contributed by atoms with van der Waals surface area (Å²) in [5.74, 6) is 1.49. The molecule has 1 heterocycles. The highest BCUT2D eigenvalue weighted by atomic mass is 79.9. The number of rotatable bonds is 7. The van der Waals surface area contributed by atoms with Gasteiger partial charge in [0.25, 0.3) is 5.91 Å². The lowest BCUT2D eigenvalue weighted by atomic mass is 9.93. The first-order chi connectivity index (χ1) is 11.3. The highest BCUT2D eigenvalue weighted by molar-refractivity contribution is 9.10. The molecule has 0 radical (unpaired) electrons. The lowest BCUT2D eigenvalue weighted by molar-refractivity contribution is 0.0705. The molecule has 2 N–H and O–H groups in total. The van der Waals surface area contributed by atoms with Crippen molar-refractivity contribution < 1.29 is 13.9 Å². The number of carbonyl (C=O) groups is 1. The number of hydrogen-bond acceptors (Lipinski definition) is 4. The molecule has 0 aliphatic carbocycles. The van der Waals surface area contributed by atoms with Crippen molar-refractivity contribution in [3.05, 3.63) is 52.4 Å². The number of benzene rings is 1. The third-order valence-corrected chi connectivity index (χ3v) is 4.16. The molecule has 0 aliphatic rings. The van der Waals surface area contributed by atoms with Crippen LogP contribution in [-0.2, 0) is 6.61 Å². The third kappa shape index (κ3) is 6.38. The Bertz CT molecular complexity index is 686. The summed E-state index contributed by atoms with van der Waals surface area (Å²) in [7, 11) is 1.75. The summed E-state index contributed by atoms with van der Waals surface area (Å²) in [5, 5.41) is 0. The van der Waals surface area contributed by atoms with Crippen molar-refractivity contribution in [2.45, 2.75) is 20.5 Å². The van der Waals surface area contributed by atoms with Crippen LogP contribution in [0.2, 0.25) is 0 Å². The molecule has 0 unspecified atom stereocenters. The molecule has 5 nitrogen and oxygen atoms in total. The smallest absolute Gasteiger partial charge is 0.289 e. The van der Waals surface area contributed by atoms with Crippen molar-refractivity contribution in [2.75, 3.05) is 20.1 Å². The second-order valence-corrected chi connectivity index (χ2v) is 7.45. The molecule has 0 aliphatic heterocycles. The van der Waals surface area contributed by atoms with Crippen LogP contribution in [0.3, 0.4) is 0 Å². The van der Waals surface area contributed by atoms with E-state index in [1.807, 2.05) is 38.1 Å². The topological polar surface area (TPSA) is 68.7 Å². The van der Waals surface area contributed by atoms with Gasteiger partial charge in [0.2, 0.25) is 0 Å². The van der Waals surface area contributed by atoms with Gasteiger partial charge in [-0.05, 0) is 48.4 Å². The number of nitrogens with zero attached hydrogens (tertiary/aromatic N) is 1. The minimum Gasteiger partial charge on any atom is -0.486 e. The molecule has 0 spiro atoms. The normalized spacial score (nSPS) is 10.9. The van der Waals surface area contributed by atoms with Gasteiger partial charge >= 0.3 is 0 Å². The van der Waals surface area contributed by atoms with Gasteiger partial charge in [-0.1, -0.05) is 29.8 Å². The van der Waals surface area contributed by atoms with Gasteiger partial charge in [0.15, 0.2) is 5.76 Å². The molecule has 25 heavy (non-hydrogen) atoms. The van der Waals surface area contributed by atoms with E-state index in [-0.39, 0.29) is 30.3 Å². The molecule has 0 atom stereocenters. The predicted octanol–water partition coefficient (Wildman–Crippen LogP) is 4.10. The predicted molar refractivity (Wildman–Crippen MR) is 104 cm³/mol. The Morgan fingerprint density at radius 2 is 1.88 bits per heavy atom. The van der Waals surface area contributed by atoms with E-state index in [0.717, 1.165) is 10.2 Å². The lowest BCUT2D eigenvalue weighted by Crippen LogP contribution is -2.39. The number of furan rings is 1. The molecular weight excluding hydrogens is 408 g/mol. The van der Waals surface area contributed by atoms with Crippen LogP contribution >= 0.6 is 28.3 Å². The maximum atomic E-state index is 12.4. The quantitative estimate of drug-likeness (QED) is 0.716. The van der Waals surface area contributed by atoms with Crippen LogP contribution in [0.25, 0.3) is 0 Å². The average molecular weight is 432 g/mol. The molecule has 1 amide bonds. The Hall–Kier alpha value is -1.50. The van der Waals surface area contributed by atoms with Gasteiger partial charge < -0.3 is 19.8 Å². The Kier molecular flexibility index (Phi) is 7.99. The average Bonchev–Trinajstić information content (AvgIpc) is 3.02. The lowest BCUT2D eigenvalue weighted by Gasteiger charge is -2.28. The number of amides is 1. The van der Waals surface area contributed by atoms with E-state index in [0.29, 0.717) is 24.6 Å². The van der Waals surface area contributed by atoms with E-state index in [1.165, 1.54) is 0 Å². The molecule has 0 fully saturated rings. The molecule has 2 aromatic rings. The molecule has 0 saturated heterocycles.